The van der Waals surface area contributed by atoms with Gasteiger partial charge in [0.05, 0.1) is 17.9 Å². The summed E-state index contributed by atoms with van der Waals surface area (Å²) in [5.41, 5.74) is 6.00. The van der Waals surface area contributed by atoms with E-state index in [9.17, 15) is 4.79 Å². The standard InChI is InChI=1S/C20H24N4O/c1-14-4-7-16(8-5-14)19-17(13-23-11-10-22(3)20(23)25)24-12-15(2)6-9-18(24)21-19/h4-9,21H,10-13H2,1-3H3. The fourth-order valence-corrected chi connectivity index (χ4v) is 3.54. The molecule has 4 rings (SSSR count). The predicted molar refractivity (Wildman–Crippen MR) is 99.4 cm³/mol. The first kappa shape index (κ1) is 15.8. The first-order valence-corrected chi connectivity index (χ1v) is 8.75. The lowest BCUT2D eigenvalue weighted by Gasteiger charge is -2.28. The summed E-state index contributed by atoms with van der Waals surface area (Å²) in [4.78, 5) is 18.4. The quantitative estimate of drug-likeness (QED) is 0.922. The number of rotatable bonds is 3. The molecule has 1 N–H and O–H groups in total. The van der Waals surface area contributed by atoms with E-state index < -0.39 is 0 Å². The Hall–Kier alpha value is -2.69. The largest absolute Gasteiger partial charge is 0.340 e. The van der Waals surface area contributed by atoms with E-state index in [2.05, 4.69) is 60.5 Å². The van der Waals surface area contributed by atoms with Crippen molar-refractivity contribution in [3.05, 3.63) is 64.6 Å². The van der Waals surface area contributed by atoms with E-state index >= 15 is 0 Å². The summed E-state index contributed by atoms with van der Waals surface area (Å²) in [6.45, 7) is 7.30. The minimum absolute atomic E-state index is 0.109. The lowest BCUT2D eigenvalue weighted by atomic mass is 10.1. The highest BCUT2D eigenvalue weighted by Gasteiger charge is 2.33. The molecule has 25 heavy (non-hydrogen) atoms. The first-order chi connectivity index (χ1) is 12.0. The zero-order valence-corrected chi connectivity index (χ0v) is 15.0. The van der Waals surface area contributed by atoms with Crippen molar-refractivity contribution in [2.24, 2.45) is 0 Å². The van der Waals surface area contributed by atoms with Gasteiger partial charge in [-0.1, -0.05) is 41.5 Å². The highest BCUT2D eigenvalue weighted by atomic mass is 16.2. The Balaban J connectivity index is 1.71. The predicted octanol–water partition coefficient (Wildman–Crippen LogP) is 2.74. The van der Waals surface area contributed by atoms with Crippen molar-refractivity contribution >= 4 is 11.7 Å². The van der Waals surface area contributed by atoms with Crippen LogP contribution in [0.2, 0.25) is 0 Å². The van der Waals surface area contributed by atoms with Gasteiger partial charge in [-0.05, 0) is 25.5 Å². The van der Waals surface area contributed by atoms with Crippen LogP contribution in [0.15, 0.2) is 53.5 Å². The van der Waals surface area contributed by atoms with Crippen molar-refractivity contribution in [1.82, 2.24) is 20.0 Å². The van der Waals surface area contributed by atoms with E-state index in [-0.39, 0.29) is 6.03 Å². The minimum atomic E-state index is 0.109. The van der Waals surface area contributed by atoms with Gasteiger partial charge in [0.2, 0.25) is 0 Å². The van der Waals surface area contributed by atoms with Crippen LogP contribution in [0, 0.1) is 6.92 Å². The van der Waals surface area contributed by atoms with Crippen molar-refractivity contribution in [3.63, 3.8) is 0 Å². The Kier molecular flexibility index (Phi) is 3.79. The summed E-state index contributed by atoms with van der Waals surface area (Å²) in [5.74, 6) is 1.09. The number of hydrogen-bond donors (Lipinski definition) is 1. The molecule has 5 nitrogen and oxygen atoms in total. The minimum Gasteiger partial charge on any atom is -0.340 e. The zero-order valence-electron chi connectivity index (χ0n) is 15.0. The molecule has 5 heteroatoms. The highest BCUT2D eigenvalue weighted by molar-refractivity contribution is 5.78. The molecule has 0 unspecified atom stereocenters. The van der Waals surface area contributed by atoms with Gasteiger partial charge in [-0.3, -0.25) is 0 Å². The molecule has 0 aromatic heterocycles. The van der Waals surface area contributed by atoms with Crippen LogP contribution < -0.4 is 5.32 Å². The van der Waals surface area contributed by atoms with Crippen LogP contribution in [0.1, 0.15) is 18.1 Å². The molecule has 0 spiro atoms. The molecular weight excluding hydrogens is 312 g/mol. The molecule has 1 fully saturated rings. The van der Waals surface area contributed by atoms with Crippen molar-refractivity contribution in [1.29, 1.82) is 0 Å². The lowest BCUT2D eigenvalue weighted by Crippen LogP contribution is -2.35. The average Bonchev–Trinajstić information content (AvgIpc) is 3.11. The molecule has 1 aromatic carbocycles. The van der Waals surface area contributed by atoms with Gasteiger partial charge in [-0.15, -0.1) is 0 Å². The second kappa shape index (κ2) is 5.99. The van der Waals surface area contributed by atoms with Gasteiger partial charge >= 0.3 is 6.03 Å². The van der Waals surface area contributed by atoms with Crippen LogP contribution in [0.25, 0.3) is 5.70 Å². The summed E-state index contributed by atoms with van der Waals surface area (Å²) >= 11 is 0. The van der Waals surface area contributed by atoms with Crippen LogP contribution in [-0.2, 0) is 0 Å². The third-order valence-electron chi connectivity index (χ3n) is 5.07. The topological polar surface area (TPSA) is 38.8 Å². The summed E-state index contributed by atoms with van der Waals surface area (Å²) in [6.07, 6.45) is 4.28. The van der Waals surface area contributed by atoms with Crippen LogP contribution in [0.4, 0.5) is 4.79 Å². The van der Waals surface area contributed by atoms with Crippen LogP contribution in [-0.4, -0.2) is 54.0 Å². The molecule has 1 saturated heterocycles. The monoisotopic (exact) mass is 336 g/mol. The van der Waals surface area contributed by atoms with Crippen molar-refractivity contribution in [2.45, 2.75) is 13.8 Å². The number of nitrogens with zero attached hydrogens (tertiary/aromatic N) is 3. The van der Waals surface area contributed by atoms with Crippen LogP contribution in [0.5, 0.6) is 0 Å². The van der Waals surface area contributed by atoms with E-state index in [1.54, 1.807) is 4.90 Å². The summed E-state index contributed by atoms with van der Waals surface area (Å²) in [6, 6.07) is 8.67. The fourth-order valence-electron chi connectivity index (χ4n) is 3.54. The summed E-state index contributed by atoms with van der Waals surface area (Å²) in [5, 5.41) is 3.57. The third kappa shape index (κ3) is 2.80. The molecule has 2 amide bonds. The number of nitrogens with one attached hydrogen (secondary N) is 1. The van der Waals surface area contributed by atoms with E-state index in [4.69, 9.17) is 0 Å². The third-order valence-corrected chi connectivity index (χ3v) is 5.07. The molecule has 0 atom stereocenters. The molecule has 3 aliphatic rings. The molecular formula is C20H24N4O. The maximum absolute atomic E-state index is 12.4. The van der Waals surface area contributed by atoms with E-state index in [0.29, 0.717) is 6.54 Å². The fraction of sp³-hybridized carbons (Fsp3) is 0.350. The molecule has 0 aliphatic carbocycles. The van der Waals surface area contributed by atoms with Crippen molar-refractivity contribution in [2.75, 3.05) is 33.2 Å². The first-order valence-electron chi connectivity index (χ1n) is 8.75. The number of carbonyl (C=O) groups excluding carboxylic acids is 1. The molecule has 3 heterocycles. The van der Waals surface area contributed by atoms with Gasteiger partial charge in [-0.25, -0.2) is 4.79 Å². The maximum Gasteiger partial charge on any atom is 0.320 e. The number of urea groups is 1. The second-order valence-electron chi connectivity index (χ2n) is 7.09. The molecule has 1 aromatic rings. The second-order valence-corrected chi connectivity index (χ2v) is 7.09. The van der Waals surface area contributed by atoms with E-state index in [1.807, 2.05) is 11.9 Å². The molecule has 0 radical (unpaired) electrons. The van der Waals surface area contributed by atoms with Crippen LogP contribution >= 0.6 is 0 Å². The number of aryl methyl sites for hydroxylation is 1. The maximum atomic E-state index is 12.4. The lowest BCUT2D eigenvalue weighted by molar-refractivity contribution is 0.199. The highest BCUT2D eigenvalue weighted by Crippen LogP contribution is 2.33. The van der Waals surface area contributed by atoms with Gasteiger partial charge < -0.3 is 20.0 Å². The smallest absolute Gasteiger partial charge is 0.320 e. The molecule has 3 aliphatic heterocycles. The zero-order chi connectivity index (χ0) is 17.6. The van der Waals surface area contributed by atoms with Gasteiger partial charge in [-0.2, -0.15) is 0 Å². The number of allylic oxidation sites excluding steroid dienone is 2. The number of amides is 2. The Morgan fingerprint density at radius 3 is 2.52 bits per heavy atom. The van der Waals surface area contributed by atoms with Gasteiger partial charge in [0.15, 0.2) is 0 Å². The Bertz CT molecular complexity index is 803. The normalized spacial score (nSPS) is 20.0. The molecule has 0 bridgehead atoms. The number of benzene rings is 1. The van der Waals surface area contributed by atoms with E-state index in [1.165, 1.54) is 16.8 Å². The molecule has 130 valence electrons. The number of likely N-dealkylation sites (N-methyl/N-ethyl adjacent to an activating group) is 1. The van der Waals surface area contributed by atoms with Gasteiger partial charge in [0.25, 0.3) is 0 Å². The number of carbonyl (C=O) groups is 1. The van der Waals surface area contributed by atoms with Gasteiger partial charge in [0.1, 0.15) is 5.82 Å². The average molecular weight is 336 g/mol. The van der Waals surface area contributed by atoms with E-state index in [0.717, 1.165) is 36.7 Å². The summed E-state index contributed by atoms with van der Waals surface area (Å²) in [7, 11) is 1.86. The molecule has 0 saturated carbocycles. The Labute approximate surface area is 148 Å². The SMILES string of the molecule is CC1=CC=C2NC(c3ccc(C)cc3)=C(CN3CCN(C)C3=O)N2C1. The Morgan fingerprint density at radius 1 is 1.08 bits per heavy atom. The number of hydrogen-bond acceptors (Lipinski definition) is 3. The van der Waals surface area contributed by atoms with Crippen molar-refractivity contribution in [3.8, 4) is 0 Å². The number of fused-ring (bicyclic) bond motifs is 1. The van der Waals surface area contributed by atoms with Crippen LogP contribution in [0.3, 0.4) is 0 Å². The van der Waals surface area contributed by atoms with Crippen molar-refractivity contribution < 1.29 is 4.79 Å². The summed E-state index contributed by atoms with van der Waals surface area (Å²) < 4.78 is 0. The van der Waals surface area contributed by atoms with Gasteiger partial charge in [0, 0.05) is 26.7 Å². The Morgan fingerprint density at radius 2 is 1.84 bits per heavy atom.